The number of rotatable bonds is 5. The number of carbonyl (C=O) groups is 2. The zero-order chi connectivity index (χ0) is 25.9. The molecular weight excluding hydrogens is 504 g/mol. The number of sulfonamides is 1. The average molecular weight is 518 g/mol. The van der Waals surface area contributed by atoms with Crippen LogP contribution in [0.3, 0.4) is 0 Å². The number of anilines is 1. The quantitative estimate of drug-likeness (QED) is 0.345. The van der Waals surface area contributed by atoms with Gasteiger partial charge in [-0.1, -0.05) is 6.07 Å². The van der Waals surface area contributed by atoms with Crippen molar-refractivity contribution in [2.75, 3.05) is 4.72 Å². The van der Waals surface area contributed by atoms with Gasteiger partial charge < -0.3 is 5.73 Å². The van der Waals surface area contributed by atoms with Crippen molar-refractivity contribution in [3.63, 3.8) is 0 Å². The number of fused-ring (bicyclic) bond motifs is 2. The van der Waals surface area contributed by atoms with Crippen LogP contribution in [-0.4, -0.2) is 30.3 Å². The molecule has 0 radical (unpaired) electrons. The number of Topliss-reactive ketones (excluding diaryl/α,β-unsaturated/α-hetero) is 1. The lowest BCUT2D eigenvalue weighted by Crippen LogP contribution is -2.17. The molecule has 4 aromatic rings. The number of nitrogens with zero attached hydrogens (tertiary/aromatic N) is 1. The van der Waals surface area contributed by atoms with Crippen LogP contribution in [0, 0.1) is 23.3 Å². The van der Waals surface area contributed by atoms with Crippen LogP contribution in [0.2, 0.25) is 0 Å². The predicted molar refractivity (Wildman–Crippen MR) is 120 cm³/mol. The second-order valence-electron chi connectivity index (χ2n) is 8.03. The second kappa shape index (κ2) is 8.16. The molecule has 13 heteroatoms. The molecule has 8 nitrogen and oxygen atoms in total. The molecule has 1 aromatic heterocycles. The standard InChI is InChI=1S/C23H14F4N4O4S/c24-9-7-13-10(3-6-16(13)32)17(8-9)36(34,35)31-15-5-4-14(25)18(20(15)27)11-1-2-12-21(19(11)26)29-30-22(12)23(28)33/h1-2,4-5,7-8,31H,3,6H2,(H2,28,33)(H,29,30). The van der Waals surface area contributed by atoms with Gasteiger partial charge in [0.05, 0.1) is 16.1 Å². The van der Waals surface area contributed by atoms with E-state index in [9.17, 15) is 26.8 Å². The molecule has 184 valence electrons. The molecular formula is C23H14F4N4O4S. The topological polar surface area (TPSA) is 135 Å². The Labute approximate surface area is 200 Å². The Morgan fingerprint density at radius 1 is 1.00 bits per heavy atom. The summed E-state index contributed by atoms with van der Waals surface area (Å²) in [6.45, 7) is 0. The van der Waals surface area contributed by atoms with Gasteiger partial charge in [0.25, 0.3) is 15.9 Å². The van der Waals surface area contributed by atoms with Crippen LogP contribution in [0.4, 0.5) is 23.2 Å². The molecule has 1 aliphatic rings. The fourth-order valence-corrected chi connectivity index (χ4v) is 5.61. The van der Waals surface area contributed by atoms with Crippen molar-refractivity contribution in [3.8, 4) is 11.1 Å². The van der Waals surface area contributed by atoms with Crippen molar-refractivity contribution in [2.24, 2.45) is 5.73 Å². The number of benzene rings is 3. The van der Waals surface area contributed by atoms with Crippen molar-refractivity contribution >= 4 is 38.3 Å². The van der Waals surface area contributed by atoms with Crippen molar-refractivity contribution in [1.82, 2.24) is 10.2 Å². The summed E-state index contributed by atoms with van der Waals surface area (Å²) >= 11 is 0. The number of hydrogen-bond donors (Lipinski definition) is 3. The van der Waals surface area contributed by atoms with Gasteiger partial charge in [-0.15, -0.1) is 0 Å². The van der Waals surface area contributed by atoms with E-state index in [2.05, 4.69) is 10.2 Å². The molecule has 3 aromatic carbocycles. The molecule has 0 aliphatic heterocycles. The van der Waals surface area contributed by atoms with Crippen LogP contribution >= 0.6 is 0 Å². The Hall–Kier alpha value is -4.26. The Balaban J connectivity index is 1.61. The van der Waals surface area contributed by atoms with Crippen LogP contribution in [0.15, 0.2) is 41.3 Å². The van der Waals surface area contributed by atoms with Gasteiger partial charge in [0.1, 0.15) is 17.2 Å². The number of halogens is 4. The summed E-state index contributed by atoms with van der Waals surface area (Å²) in [6, 6.07) is 5.31. The summed E-state index contributed by atoms with van der Waals surface area (Å²) in [7, 11) is -4.64. The van der Waals surface area contributed by atoms with Crippen LogP contribution in [0.25, 0.3) is 22.0 Å². The van der Waals surface area contributed by atoms with Crippen LogP contribution in [0.1, 0.15) is 32.8 Å². The Morgan fingerprint density at radius 3 is 2.47 bits per heavy atom. The zero-order valence-corrected chi connectivity index (χ0v) is 18.8. The third kappa shape index (κ3) is 3.59. The average Bonchev–Trinajstić information content (AvgIpc) is 3.41. The highest BCUT2D eigenvalue weighted by atomic mass is 32.2. The first-order valence-electron chi connectivity index (χ1n) is 10.3. The number of nitrogens with two attached hydrogens (primary N) is 1. The summed E-state index contributed by atoms with van der Waals surface area (Å²) in [5.74, 6) is -6.18. The van der Waals surface area contributed by atoms with Crippen molar-refractivity contribution < 1.29 is 35.6 Å². The maximum atomic E-state index is 15.4. The third-order valence-electron chi connectivity index (χ3n) is 5.88. The maximum Gasteiger partial charge on any atom is 0.269 e. The molecule has 4 N–H and O–H groups in total. The number of aromatic amines is 1. The van der Waals surface area contributed by atoms with Crippen LogP contribution < -0.4 is 10.5 Å². The Morgan fingerprint density at radius 2 is 1.75 bits per heavy atom. The molecule has 1 heterocycles. The Bertz CT molecular complexity index is 1730. The van der Waals surface area contributed by atoms with Gasteiger partial charge in [-0.2, -0.15) is 5.10 Å². The number of amides is 1. The van der Waals surface area contributed by atoms with Crippen molar-refractivity contribution in [3.05, 3.63) is 76.5 Å². The SMILES string of the molecule is NC(=O)c1n[nH]c2c(F)c(-c3c(F)ccc(NS(=O)(=O)c4cc(F)cc5c4CCC5=O)c3F)ccc12. The van der Waals surface area contributed by atoms with E-state index in [0.717, 1.165) is 24.3 Å². The smallest absolute Gasteiger partial charge is 0.269 e. The molecule has 0 spiro atoms. The van der Waals surface area contributed by atoms with E-state index < -0.39 is 66.7 Å². The number of aromatic nitrogens is 2. The summed E-state index contributed by atoms with van der Waals surface area (Å²) in [4.78, 5) is 22.8. The van der Waals surface area contributed by atoms with E-state index in [0.29, 0.717) is 6.07 Å². The first-order chi connectivity index (χ1) is 17.0. The normalized spacial score (nSPS) is 13.3. The highest BCUT2D eigenvalue weighted by Crippen LogP contribution is 2.37. The number of carbonyl (C=O) groups excluding carboxylic acids is 2. The fraction of sp³-hybridized carbons (Fsp3) is 0.0870. The van der Waals surface area contributed by atoms with Gasteiger partial charge in [-0.05, 0) is 42.3 Å². The Kier molecular flexibility index (Phi) is 5.32. The number of H-pyrrole nitrogens is 1. The van der Waals surface area contributed by atoms with E-state index in [1.807, 2.05) is 4.72 Å². The molecule has 0 fully saturated rings. The molecule has 5 rings (SSSR count). The molecule has 36 heavy (non-hydrogen) atoms. The fourth-order valence-electron chi connectivity index (χ4n) is 4.24. The minimum Gasteiger partial charge on any atom is -0.364 e. The van der Waals surface area contributed by atoms with Crippen molar-refractivity contribution in [2.45, 2.75) is 17.7 Å². The van der Waals surface area contributed by atoms with Gasteiger partial charge in [0, 0.05) is 22.9 Å². The molecule has 0 unspecified atom stereocenters. The van der Waals surface area contributed by atoms with Gasteiger partial charge in [0.15, 0.2) is 23.1 Å². The highest BCUT2D eigenvalue weighted by molar-refractivity contribution is 7.92. The maximum absolute atomic E-state index is 15.4. The molecule has 0 bridgehead atoms. The molecule has 0 atom stereocenters. The summed E-state index contributed by atoms with van der Waals surface area (Å²) in [6.07, 6.45) is 0.0354. The highest BCUT2D eigenvalue weighted by Gasteiger charge is 2.31. The van der Waals surface area contributed by atoms with Crippen LogP contribution in [-0.2, 0) is 16.4 Å². The largest absolute Gasteiger partial charge is 0.364 e. The van der Waals surface area contributed by atoms with E-state index in [-0.39, 0.29) is 40.6 Å². The second-order valence-corrected chi connectivity index (χ2v) is 9.68. The predicted octanol–water partition coefficient (Wildman–Crippen LogP) is 3.81. The minimum absolute atomic E-state index is 0.0107. The third-order valence-corrected chi connectivity index (χ3v) is 7.31. The van der Waals surface area contributed by atoms with E-state index >= 15 is 8.78 Å². The van der Waals surface area contributed by atoms with Gasteiger partial charge >= 0.3 is 0 Å². The zero-order valence-electron chi connectivity index (χ0n) is 18.0. The van der Waals surface area contributed by atoms with Crippen LogP contribution in [0.5, 0.6) is 0 Å². The molecule has 0 saturated carbocycles. The van der Waals surface area contributed by atoms with Gasteiger partial charge in [0.2, 0.25) is 0 Å². The lowest BCUT2D eigenvalue weighted by Gasteiger charge is -2.15. The summed E-state index contributed by atoms with van der Waals surface area (Å²) < 4.78 is 87.4. The lowest BCUT2D eigenvalue weighted by molar-refractivity contribution is 0.0987. The lowest BCUT2D eigenvalue weighted by atomic mass is 10.0. The first-order valence-corrected chi connectivity index (χ1v) is 11.8. The molecule has 1 aliphatic carbocycles. The number of primary amides is 1. The van der Waals surface area contributed by atoms with E-state index in [1.54, 1.807) is 0 Å². The number of hydrogen-bond acceptors (Lipinski definition) is 5. The van der Waals surface area contributed by atoms with Crippen molar-refractivity contribution in [1.29, 1.82) is 0 Å². The minimum atomic E-state index is -4.64. The summed E-state index contributed by atoms with van der Waals surface area (Å²) in [5.41, 5.74) is 2.33. The number of ketones is 1. The van der Waals surface area contributed by atoms with Gasteiger partial charge in [-0.3, -0.25) is 19.4 Å². The van der Waals surface area contributed by atoms with E-state index in [4.69, 9.17) is 5.73 Å². The molecule has 1 amide bonds. The van der Waals surface area contributed by atoms with Gasteiger partial charge in [-0.25, -0.2) is 26.0 Å². The molecule has 0 saturated heterocycles. The number of nitrogens with one attached hydrogen (secondary N) is 2. The monoisotopic (exact) mass is 518 g/mol. The van der Waals surface area contributed by atoms with E-state index in [1.165, 1.54) is 6.07 Å². The summed E-state index contributed by atoms with van der Waals surface area (Å²) in [5, 5.41) is 5.83. The first kappa shape index (κ1) is 23.5.